The van der Waals surface area contributed by atoms with E-state index in [4.69, 9.17) is 9.15 Å². The van der Waals surface area contributed by atoms with Crippen LogP contribution < -0.4 is 0 Å². The fourth-order valence-corrected chi connectivity index (χ4v) is 3.83. The molecule has 146 valence electrons. The first-order chi connectivity index (χ1) is 13.5. The molecule has 7 heteroatoms. The second-order valence-electron chi connectivity index (χ2n) is 7.33. The number of aromatic carboxylic acids is 1. The number of ether oxygens (including phenoxy) is 1. The van der Waals surface area contributed by atoms with Crippen LogP contribution in [0, 0.1) is 6.92 Å². The number of aromatic nitrogens is 2. The summed E-state index contributed by atoms with van der Waals surface area (Å²) in [4.78, 5) is 13.7. The second kappa shape index (κ2) is 7.26. The Labute approximate surface area is 162 Å². The monoisotopic (exact) mass is 381 g/mol. The molecule has 0 bridgehead atoms. The van der Waals surface area contributed by atoms with Crippen LogP contribution in [0.25, 0.3) is 11.3 Å². The first-order valence-electron chi connectivity index (χ1n) is 9.24. The molecular weight excluding hydrogens is 358 g/mol. The Morgan fingerprint density at radius 1 is 1.32 bits per heavy atom. The van der Waals surface area contributed by atoms with Gasteiger partial charge in [0.1, 0.15) is 17.1 Å². The van der Waals surface area contributed by atoms with E-state index in [0.29, 0.717) is 31.0 Å². The third kappa shape index (κ3) is 3.46. The Bertz CT molecular complexity index is 993. The van der Waals surface area contributed by atoms with Crippen molar-refractivity contribution in [3.05, 3.63) is 65.2 Å². The SMILES string of the molecule is Cc1cn[nH]c1C1(C)CN(Cc2ccc(-c3ccccc3C(=O)O)o2)CCO1. The highest BCUT2D eigenvalue weighted by Crippen LogP contribution is 2.31. The van der Waals surface area contributed by atoms with Crippen LogP contribution in [0.2, 0.25) is 0 Å². The van der Waals surface area contributed by atoms with Crippen LogP contribution in [0.4, 0.5) is 0 Å². The Balaban J connectivity index is 1.52. The Kier molecular flexibility index (Phi) is 4.78. The highest BCUT2D eigenvalue weighted by Gasteiger charge is 2.36. The molecular formula is C21H23N3O4. The third-order valence-electron chi connectivity index (χ3n) is 5.18. The lowest BCUT2D eigenvalue weighted by Gasteiger charge is -2.39. The first-order valence-corrected chi connectivity index (χ1v) is 9.24. The molecule has 1 atom stereocenters. The maximum absolute atomic E-state index is 11.5. The first kappa shape index (κ1) is 18.5. The van der Waals surface area contributed by atoms with Crippen LogP contribution in [0.3, 0.4) is 0 Å². The zero-order chi connectivity index (χ0) is 19.7. The quantitative estimate of drug-likeness (QED) is 0.704. The second-order valence-corrected chi connectivity index (χ2v) is 7.33. The van der Waals surface area contributed by atoms with Crippen molar-refractivity contribution >= 4 is 5.97 Å². The van der Waals surface area contributed by atoms with Crippen LogP contribution in [-0.2, 0) is 16.9 Å². The van der Waals surface area contributed by atoms with Crippen molar-refractivity contribution in [2.24, 2.45) is 0 Å². The smallest absolute Gasteiger partial charge is 0.336 e. The zero-order valence-corrected chi connectivity index (χ0v) is 15.9. The van der Waals surface area contributed by atoms with E-state index in [1.807, 2.05) is 31.3 Å². The molecule has 1 aliphatic heterocycles. The fourth-order valence-electron chi connectivity index (χ4n) is 3.83. The van der Waals surface area contributed by atoms with Gasteiger partial charge in [-0.3, -0.25) is 10.00 Å². The summed E-state index contributed by atoms with van der Waals surface area (Å²) in [6, 6.07) is 10.6. The van der Waals surface area contributed by atoms with E-state index in [1.54, 1.807) is 18.2 Å². The maximum Gasteiger partial charge on any atom is 0.336 e. The van der Waals surface area contributed by atoms with Gasteiger partial charge in [-0.2, -0.15) is 5.10 Å². The molecule has 1 saturated heterocycles. The number of nitrogens with one attached hydrogen (secondary N) is 1. The Morgan fingerprint density at radius 2 is 2.14 bits per heavy atom. The number of nitrogens with zero attached hydrogens (tertiary/aromatic N) is 2. The molecule has 2 aromatic heterocycles. The molecule has 7 nitrogen and oxygen atoms in total. The van der Waals surface area contributed by atoms with Crippen molar-refractivity contribution in [3.63, 3.8) is 0 Å². The summed E-state index contributed by atoms with van der Waals surface area (Å²) in [7, 11) is 0. The van der Waals surface area contributed by atoms with Gasteiger partial charge in [-0.05, 0) is 37.6 Å². The van der Waals surface area contributed by atoms with Gasteiger partial charge in [-0.15, -0.1) is 0 Å². The van der Waals surface area contributed by atoms with E-state index in [0.717, 1.165) is 23.6 Å². The summed E-state index contributed by atoms with van der Waals surface area (Å²) in [6.07, 6.45) is 1.81. The van der Waals surface area contributed by atoms with Gasteiger partial charge in [0.25, 0.3) is 0 Å². The number of hydrogen-bond donors (Lipinski definition) is 2. The summed E-state index contributed by atoms with van der Waals surface area (Å²) >= 11 is 0. The zero-order valence-electron chi connectivity index (χ0n) is 15.9. The highest BCUT2D eigenvalue weighted by molar-refractivity contribution is 5.95. The number of furan rings is 1. The van der Waals surface area contributed by atoms with Gasteiger partial charge in [-0.1, -0.05) is 18.2 Å². The summed E-state index contributed by atoms with van der Waals surface area (Å²) in [5, 5.41) is 16.6. The van der Waals surface area contributed by atoms with E-state index in [1.165, 1.54) is 0 Å². The van der Waals surface area contributed by atoms with Crippen molar-refractivity contribution in [1.29, 1.82) is 0 Å². The standard InChI is InChI=1S/C21H23N3O4/c1-14-11-22-23-19(14)21(2)13-24(9-10-27-21)12-15-7-8-18(28-15)16-5-3-4-6-17(16)20(25)26/h3-8,11H,9-10,12-13H2,1-2H3,(H,22,23)(H,25,26). The number of benzene rings is 1. The summed E-state index contributed by atoms with van der Waals surface area (Å²) in [5.74, 6) is 0.390. The van der Waals surface area contributed by atoms with Crippen LogP contribution in [0.5, 0.6) is 0 Å². The van der Waals surface area contributed by atoms with Gasteiger partial charge in [0, 0.05) is 18.7 Å². The normalized spacial score (nSPS) is 20.4. The van der Waals surface area contributed by atoms with Crippen molar-refractivity contribution in [2.75, 3.05) is 19.7 Å². The van der Waals surface area contributed by atoms with Crippen molar-refractivity contribution in [1.82, 2.24) is 15.1 Å². The van der Waals surface area contributed by atoms with Gasteiger partial charge < -0.3 is 14.3 Å². The van der Waals surface area contributed by atoms with E-state index >= 15 is 0 Å². The largest absolute Gasteiger partial charge is 0.478 e. The average molecular weight is 381 g/mol. The number of carboxylic acids is 1. The highest BCUT2D eigenvalue weighted by atomic mass is 16.5. The molecule has 0 aliphatic carbocycles. The summed E-state index contributed by atoms with van der Waals surface area (Å²) in [6.45, 7) is 6.83. The number of carboxylic acid groups (broad SMARTS) is 1. The molecule has 0 spiro atoms. The van der Waals surface area contributed by atoms with Gasteiger partial charge in [0.05, 0.1) is 30.6 Å². The number of carbonyl (C=O) groups is 1. The number of morpholine rings is 1. The Morgan fingerprint density at radius 3 is 2.89 bits per heavy atom. The molecule has 0 amide bonds. The maximum atomic E-state index is 11.5. The number of hydrogen-bond acceptors (Lipinski definition) is 5. The third-order valence-corrected chi connectivity index (χ3v) is 5.18. The van der Waals surface area contributed by atoms with Crippen molar-refractivity contribution < 1.29 is 19.1 Å². The lowest BCUT2D eigenvalue weighted by molar-refractivity contribution is -0.109. The minimum atomic E-state index is -0.965. The van der Waals surface area contributed by atoms with Crippen LogP contribution in [-0.4, -0.2) is 45.9 Å². The molecule has 1 aliphatic rings. The fraction of sp³-hybridized carbons (Fsp3) is 0.333. The number of rotatable bonds is 5. The molecule has 4 rings (SSSR count). The van der Waals surface area contributed by atoms with Gasteiger partial charge in [-0.25, -0.2) is 4.79 Å². The predicted molar refractivity (Wildman–Crippen MR) is 103 cm³/mol. The summed E-state index contributed by atoms with van der Waals surface area (Å²) in [5.41, 5.74) is 2.44. The van der Waals surface area contributed by atoms with E-state index in [-0.39, 0.29) is 5.56 Å². The van der Waals surface area contributed by atoms with Crippen LogP contribution >= 0.6 is 0 Å². The van der Waals surface area contributed by atoms with Gasteiger partial charge in [0.2, 0.25) is 0 Å². The molecule has 3 heterocycles. The average Bonchev–Trinajstić information content (AvgIpc) is 3.31. The van der Waals surface area contributed by atoms with E-state index in [9.17, 15) is 9.90 Å². The van der Waals surface area contributed by atoms with Crippen LogP contribution in [0.15, 0.2) is 47.0 Å². The van der Waals surface area contributed by atoms with E-state index < -0.39 is 11.6 Å². The number of aryl methyl sites for hydroxylation is 1. The molecule has 0 radical (unpaired) electrons. The molecule has 1 fully saturated rings. The molecule has 1 unspecified atom stereocenters. The van der Waals surface area contributed by atoms with Gasteiger partial charge >= 0.3 is 5.97 Å². The van der Waals surface area contributed by atoms with Crippen molar-refractivity contribution in [2.45, 2.75) is 26.0 Å². The number of aromatic amines is 1. The summed E-state index contributed by atoms with van der Waals surface area (Å²) < 4.78 is 12.0. The topological polar surface area (TPSA) is 91.6 Å². The predicted octanol–water partition coefficient (Wildman–Crippen LogP) is 3.42. The minimum absolute atomic E-state index is 0.233. The lowest BCUT2D eigenvalue weighted by atomic mass is 9.97. The molecule has 28 heavy (non-hydrogen) atoms. The molecule has 3 aromatic rings. The number of H-pyrrole nitrogens is 1. The van der Waals surface area contributed by atoms with Crippen molar-refractivity contribution in [3.8, 4) is 11.3 Å². The van der Waals surface area contributed by atoms with Crippen LogP contribution in [0.1, 0.15) is 34.3 Å². The minimum Gasteiger partial charge on any atom is -0.478 e. The molecule has 0 saturated carbocycles. The lowest BCUT2D eigenvalue weighted by Crippen LogP contribution is -2.48. The van der Waals surface area contributed by atoms with Gasteiger partial charge in [0.15, 0.2) is 0 Å². The van der Waals surface area contributed by atoms with E-state index in [2.05, 4.69) is 22.0 Å². The molecule has 1 aromatic carbocycles. The molecule has 2 N–H and O–H groups in total. The Hall–Kier alpha value is -2.90.